The highest BCUT2D eigenvalue weighted by Crippen LogP contribution is 2.03. The summed E-state index contributed by atoms with van der Waals surface area (Å²) in [6, 6.07) is 0. The van der Waals surface area contributed by atoms with E-state index in [4.69, 9.17) is 0 Å². The molecule has 0 spiro atoms. The molecular formula is C10H18N2O. The van der Waals surface area contributed by atoms with Crippen LogP contribution in [0.15, 0.2) is 24.0 Å². The van der Waals surface area contributed by atoms with Crippen molar-refractivity contribution in [2.75, 3.05) is 13.1 Å². The van der Waals surface area contributed by atoms with E-state index in [1.807, 2.05) is 18.2 Å². The van der Waals surface area contributed by atoms with Crippen molar-refractivity contribution in [3.63, 3.8) is 0 Å². The van der Waals surface area contributed by atoms with E-state index in [2.05, 4.69) is 12.2 Å². The summed E-state index contributed by atoms with van der Waals surface area (Å²) in [7, 11) is 0. The number of rotatable bonds is 5. The molecule has 2 N–H and O–H groups in total. The van der Waals surface area contributed by atoms with Crippen molar-refractivity contribution >= 4 is 0 Å². The van der Waals surface area contributed by atoms with E-state index in [9.17, 15) is 5.21 Å². The molecule has 13 heavy (non-hydrogen) atoms. The number of unbranched alkanes of at least 4 members (excludes halogenated alkanes) is 2. The van der Waals surface area contributed by atoms with Gasteiger partial charge in [0.1, 0.15) is 5.82 Å². The van der Waals surface area contributed by atoms with Crippen LogP contribution < -0.4 is 5.32 Å². The van der Waals surface area contributed by atoms with Gasteiger partial charge in [0.2, 0.25) is 0 Å². The van der Waals surface area contributed by atoms with Gasteiger partial charge in [-0.1, -0.05) is 31.9 Å². The molecule has 0 saturated carbocycles. The maximum absolute atomic E-state index is 9.38. The molecule has 0 fully saturated rings. The fraction of sp³-hybridized carbons (Fsp3) is 0.600. The number of nitrogens with one attached hydrogen (secondary N) is 1. The Hall–Kier alpha value is -0.960. The highest BCUT2D eigenvalue weighted by Gasteiger charge is 2.05. The Morgan fingerprint density at radius 1 is 1.54 bits per heavy atom. The minimum atomic E-state index is 0.576. The quantitative estimate of drug-likeness (QED) is 0.637. The number of allylic oxidation sites excluding steroid dienone is 2. The lowest BCUT2D eigenvalue weighted by atomic mass is 10.2. The fourth-order valence-corrected chi connectivity index (χ4v) is 1.25. The van der Waals surface area contributed by atoms with Crippen LogP contribution in [0.1, 0.15) is 26.2 Å². The molecule has 0 aromatic heterocycles. The van der Waals surface area contributed by atoms with Crippen LogP contribution in [0.4, 0.5) is 0 Å². The molecule has 74 valence electrons. The van der Waals surface area contributed by atoms with E-state index in [1.165, 1.54) is 17.9 Å². The monoisotopic (exact) mass is 182 g/mol. The molecular weight excluding hydrogens is 164 g/mol. The molecule has 1 aliphatic rings. The third-order valence-corrected chi connectivity index (χ3v) is 2.03. The van der Waals surface area contributed by atoms with Gasteiger partial charge in [0.15, 0.2) is 0 Å². The Morgan fingerprint density at radius 3 is 3.08 bits per heavy atom. The number of hydrogen-bond donors (Lipinski definition) is 2. The average molecular weight is 182 g/mol. The van der Waals surface area contributed by atoms with E-state index < -0.39 is 0 Å². The second-order valence-electron chi connectivity index (χ2n) is 3.20. The zero-order valence-corrected chi connectivity index (χ0v) is 8.16. The Balaban J connectivity index is 2.19. The molecule has 1 aliphatic heterocycles. The van der Waals surface area contributed by atoms with Crippen molar-refractivity contribution < 1.29 is 5.21 Å². The molecule has 0 saturated heterocycles. The average Bonchev–Trinajstić information content (AvgIpc) is 2.15. The van der Waals surface area contributed by atoms with Crippen molar-refractivity contribution in [3.8, 4) is 0 Å². The fourth-order valence-electron chi connectivity index (χ4n) is 1.25. The number of hydrogen-bond acceptors (Lipinski definition) is 3. The molecule has 0 aromatic carbocycles. The maximum Gasteiger partial charge on any atom is 0.126 e. The standard InChI is InChI=1S/C10H18N2O/c1-2-3-5-8-11-10-7-4-6-9-12(10)13/h4,6-7,11,13H,2-3,5,8-9H2,1H3. The number of nitrogens with zero attached hydrogens (tertiary/aromatic N) is 1. The first kappa shape index (κ1) is 10.1. The lowest BCUT2D eigenvalue weighted by molar-refractivity contribution is -0.0523. The summed E-state index contributed by atoms with van der Waals surface area (Å²) in [5.74, 6) is 0.804. The third-order valence-electron chi connectivity index (χ3n) is 2.03. The lowest BCUT2D eigenvalue weighted by Crippen LogP contribution is -2.31. The normalized spacial score (nSPS) is 15.8. The van der Waals surface area contributed by atoms with Gasteiger partial charge in [-0.3, -0.25) is 5.21 Å². The van der Waals surface area contributed by atoms with Gasteiger partial charge in [0.25, 0.3) is 0 Å². The minimum absolute atomic E-state index is 0.576. The topological polar surface area (TPSA) is 35.5 Å². The highest BCUT2D eigenvalue weighted by atomic mass is 16.5. The summed E-state index contributed by atoms with van der Waals surface area (Å²) < 4.78 is 0. The van der Waals surface area contributed by atoms with Gasteiger partial charge in [-0.2, -0.15) is 0 Å². The molecule has 0 aliphatic carbocycles. The van der Waals surface area contributed by atoms with E-state index in [-0.39, 0.29) is 0 Å². The Labute approximate surface area is 79.7 Å². The third kappa shape index (κ3) is 3.51. The summed E-state index contributed by atoms with van der Waals surface area (Å²) in [4.78, 5) is 0. The molecule has 1 heterocycles. The van der Waals surface area contributed by atoms with Crippen LogP contribution in [0.25, 0.3) is 0 Å². The summed E-state index contributed by atoms with van der Waals surface area (Å²) in [5, 5.41) is 13.8. The van der Waals surface area contributed by atoms with E-state index in [0.717, 1.165) is 18.8 Å². The van der Waals surface area contributed by atoms with Crippen LogP contribution in [0.5, 0.6) is 0 Å². The molecule has 0 bridgehead atoms. The largest absolute Gasteiger partial charge is 0.370 e. The van der Waals surface area contributed by atoms with Crippen molar-refractivity contribution in [2.45, 2.75) is 26.2 Å². The van der Waals surface area contributed by atoms with Gasteiger partial charge in [-0.05, 0) is 12.5 Å². The first-order valence-corrected chi connectivity index (χ1v) is 4.91. The number of hydroxylamine groups is 2. The molecule has 0 unspecified atom stereocenters. The van der Waals surface area contributed by atoms with Crippen LogP contribution in [0, 0.1) is 0 Å². The smallest absolute Gasteiger partial charge is 0.126 e. The van der Waals surface area contributed by atoms with Crippen LogP contribution in [0.2, 0.25) is 0 Å². The predicted molar refractivity (Wildman–Crippen MR) is 53.2 cm³/mol. The van der Waals surface area contributed by atoms with Crippen LogP contribution in [-0.2, 0) is 0 Å². The molecule has 0 atom stereocenters. The van der Waals surface area contributed by atoms with Gasteiger partial charge in [0.05, 0.1) is 6.54 Å². The second kappa shape index (κ2) is 5.65. The molecule has 0 aromatic rings. The van der Waals surface area contributed by atoms with Crippen LogP contribution in [-0.4, -0.2) is 23.4 Å². The first-order valence-electron chi connectivity index (χ1n) is 4.91. The van der Waals surface area contributed by atoms with Gasteiger partial charge < -0.3 is 5.32 Å². The Bertz CT molecular complexity index is 199. The minimum Gasteiger partial charge on any atom is -0.370 e. The van der Waals surface area contributed by atoms with E-state index in [1.54, 1.807) is 0 Å². The van der Waals surface area contributed by atoms with Crippen molar-refractivity contribution in [3.05, 3.63) is 24.0 Å². The zero-order chi connectivity index (χ0) is 9.52. The highest BCUT2D eigenvalue weighted by molar-refractivity contribution is 5.14. The van der Waals surface area contributed by atoms with E-state index >= 15 is 0 Å². The van der Waals surface area contributed by atoms with Gasteiger partial charge in [-0.15, -0.1) is 0 Å². The first-order chi connectivity index (χ1) is 6.34. The predicted octanol–water partition coefficient (Wildman–Crippen LogP) is 1.87. The molecule has 3 heteroatoms. The lowest BCUT2D eigenvalue weighted by Gasteiger charge is -2.22. The zero-order valence-electron chi connectivity index (χ0n) is 8.16. The second-order valence-corrected chi connectivity index (χ2v) is 3.20. The Morgan fingerprint density at radius 2 is 2.38 bits per heavy atom. The summed E-state index contributed by atoms with van der Waals surface area (Å²) in [6.45, 7) is 3.69. The van der Waals surface area contributed by atoms with Gasteiger partial charge >= 0.3 is 0 Å². The van der Waals surface area contributed by atoms with Crippen molar-refractivity contribution in [1.29, 1.82) is 0 Å². The van der Waals surface area contributed by atoms with Crippen molar-refractivity contribution in [1.82, 2.24) is 10.4 Å². The molecule has 3 nitrogen and oxygen atoms in total. The SMILES string of the molecule is CCCCCNC1=CC=CCN1O. The summed E-state index contributed by atoms with van der Waals surface area (Å²) in [5.41, 5.74) is 0. The summed E-state index contributed by atoms with van der Waals surface area (Å²) in [6.07, 6.45) is 9.37. The van der Waals surface area contributed by atoms with Crippen molar-refractivity contribution in [2.24, 2.45) is 0 Å². The Kier molecular flexibility index (Phi) is 4.40. The van der Waals surface area contributed by atoms with Crippen LogP contribution in [0.3, 0.4) is 0 Å². The molecule has 0 amide bonds. The molecule has 1 rings (SSSR count). The van der Waals surface area contributed by atoms with E-state index in [0.29, 0.717) is 6.54 Å². The molecule has 0 radical (unpaired) electrons. The summed E-state index contributed by atoms with van der Waals surface area (Å²) >= 11 is 0. The van der Waals surface area contributed by atoms with Gasteiger partial charge in [0, 0.05) is 6.54 Å². The maximum atomic E-state index is 9.38. The van der Waals surface area contributed by atoms with Crippen LogP contribution >= 0.6 is 0 Å². The van der Waals surface area contributed by atoms with Gasteiger partial charge in [-0.25, -0.2) is 5.06 Å².